The van der Waals surface area contributed by atoms with Crippen LogP contribution in [0.15, 0.2) is 46.3 Å². The predicted octanol–water partition coefficient (Wildman–Crippen LogP) is -0.899. The van der Waals surface area contributed by atoms with Crippen LogP contribution in [0.2, 0.25) is 0 Å². The zero-order valence-corrected chi connectivity index (χ0v) is 22.1. The molecule has 0 radical (unpaired) electrons. The van der Waals surface area contributed by atoms with Crippen LogP contribution in [0.4, 0.5) is 4.79 Å². The first-order valence-electron chi connectivity index (χ1n) is 11.0. The van der Waals surface area contributed by atoms with Crippen molar-refractivity contribution in [3.8, 4) is 0 Å². The molecular formula is C21H28N6O9S2. The van der Waals surface area contributed by atoms with Crippen molar-refractivity contribution in [2.75, 3.05) is 18.6 Å². The molecule has 0 aliphatic carbocycles. The van der Waals surface area contributed by atoms with E-state index in [9.17, 15) is 37.5 Å². The Morgan fingerprint density at radius 1 is 1.18 bits per heavy atom. The lowest BCUT2D eigenvalue weighted by atomic mass is 10.1. The zero-order valence-electron chi connectivity index (χ0n) is 20.5. The number of nitrogens with zero attached hydrogens (tertiary/aromatic N) is 4. The van der Waals surface area contributed by atoms with Crippen molar-refractivity contribution in [3.63, 3.8) is 0 Å². The van der Waals surface area contributed by atoms with Crippen LogP contribution >= 0.6 is 11.8 Å². The van der Waals surface area contributed by atoms with Crippen LogP contribution in [0.3, 0.4) is 0 Å². The third-order valence-electron chi connectivity index (χ3n) is 5.29. The van der Waals surface area contributed by atoms with Gasteiger partial charge in [0.05, 0.1) is 10.6 Å². The second kappa shape index (κ2) is 13.2. The fourth-order valence-corrected chi connectivity index (χ4v) is 6.21. The van der Waals surface area contributed by atoms with Crippen LogP contribution in [0.1, 0.15) is 18.2 Å². The molecule has 17 heteroatoms. The standard InChI is InChI=1S/C21H28N6O9S2/c1-25-12-23-27(20(25)32)17(11-38(35,36)13-6-4-3-5-7-13)37-10-15(18(29)26(2)21(33)34)24-16(28)9-8-14(22)19(30)31/h3-7,12,14-15,17H,8-11,22H2,1-2H3,(H,24,28)(H,30,31)(H,33,34)/t14-,15-,17?/m0/s1. The van der Waals surface area contributed by atoms with Gasteiger partial charge in [0, 0.05) is 26.3 Å². The lowest BCUT2D eigenvalue weighted by Gasteiger charge is -2.24. The fourth-order valence-electron chi connectivity index (χ4n) is 3.08. The highest BCUT2D eigenvalue weighted by molar-refractivity contribution is 8.00. The molecule has 1 aromatic heterocycles. The second-order valence-corrected chi connectivity index (χ2v) is 11.4. The Balaban J connectivity index is 2.31. The number of carboxylic acids is 1. The summed E-state index contributed by atoms with van der Waals surface area (Å²) in [5.74, 6) is -4.07. The molecule has 0 aliphatic rings. The van der Waals surface area contributed by atoms with Gasteiger partial charge in [0.15, 0.2) is 9.84 Å². The third kappa shape index (κ3) is 8.15. The molecule has 1 unspecified atom stereocenters. The van der Waals surface area contributed by atoms with E-state index in [4.69, 9.17) is 10.8 Å². The number of hydrogen-bond donors (Lipinski definition) is 4. The maximum absolute atomic E-state index is 13.0. The van der Waals surface area contributed by atoms with Crippen LogP contribution in [-0.4, -0.2) is 92.4 Å². The number of aryl methyl sites for hydroxylation is 1. The summed E-state index contributed by atoms with van der Waals surface area (Å²) in [6.07, 6.45) is -1.04. The molecule has 1 aromatic carbocycles. The number of hydrogen-bond acceptors (Lipinski definition) is 10. The summed E-state index contributed by atoms with van der Waals surface area (Å²) in [6.45, 7) is 0. The Morgan fingerprint density at radius 3 is 2.34 bits per heavy atom. The molecule has 0 fully saturated rings. The summed E-state index contributed by atoms with van der Waals surface area (Å²) in [6, 6.07) is 4.68. The number of benzene rings is 1. The van der Waals surface area contributed by atoms with E-state index in [2.05, 4.69) is 10.4 Å². The maximum atomic E-state index is 13.0. The van der Waals surface area contributed by atoms with Crippen LogP contribution in [-0.2, 0) is 31.3 Å². The van der Waals surface area contributed by atoms with Gasteiger partial charge in [-0.15, -0.1) is 11.8 Å². The molecule has 3 amide bonds. The van der Waals surface area contributed by atoms with Gasteiger partial charge in [-0.3, -0.25) is 19.0 Å². The van der Waals surface area contributed by atoms with Crippen molar-refractivity contribution < 1.29 is 37.8 Å². The molecule has 0 aliphatic heterocycles. The number of aliphatic carboxylic acids is 1. The number of carbonyl (C=O) groups excluding carboxylic acids is 2. The zero-order chi connectivity index (χ0) is 28.6. The van der Waals surface area contributed by atoms with Gasteiger partial charge in [0.2, 0.25) is 5.91 Å². The molecule has 2 aromatic rings. The number of imide groups is 1. The number of sulfone groups is 1. The summed E-state index contributed by atoms with van der Waals surface area (Å²) >= 11 is 0.795. The van der Waals surface area contributed by atoms with Crippen LogP contribution in [0, 0.1) is 0 Å². The van der Waals surface area contributed by atoms with E-state index in [1.807, 2.05) is 0 Å². The van der Waals surface area contributed by atoms with Crippen molar-refractivity contribution in [2.45, 2.75) is 35.2 Å². The lowest BCUT2D eigenvalue weighted by Crippen LogP contribution is -2.50. The largest absolute Gasteiger partial charge is 0.480 e. The molecule has 2 rings (SSSR count). The normalized spacial score (nSPS) is 13.8. The predicted molar refractivity (Wildman–Crippen MR) is 135 cm³/mol. The van der Waals surface area contributed by atoms with Crippen LogP contribution in [0.5, 0.6) is 0 Å². The summed E-state index contributed by atoms with van der Waals surface area (Å²) in [5.41, 5.74) is 4.76. The van der Waals surface area contributed by atoms with Gasteiger partial charge in [0.1, 0.15) is 23.8 Å². The van der Waals surface area contributed by atoms with E-state index in [1.54, 1.807) is 6.07 Å². The first-order valence-corrected chi connectivity index (χ1v) is 13.7. The minimum absolute atomic E-state index is 0.00381. The number of nitrogens with two attached hydrogens (primary N) is 1. The smallest absolute Gasteiger partial charge is 0.413 e. The second-order valence-electron chi connectivity index (χ2n) is 8.13. The van der Waals surface area contributed by atoms with Gasteiger partial charge in [-0.25, -0.2) is 22.9 Å². The number of carbonyl (C=O) groups is 4. The van der Waals surface area contributed by atoms with Crippen LogP contribution < -0.4 is 16.7 Å². The van der Waals surface area contributed by atoms with Crippen molar-refractivity contribution in [1.82, 2.24) is 24.6 Å². The molecule has 5 N–H and O–H groups in total. The maximum Gasteiger partial charge on any atom is 0.413 e. The monoisotopic (exact) mass is 572 g/mol. The highest BCUT2D eigenvalue weighted by atomic mass is 32.2. The van der Waals surface area contributed by atoms with E-state index < -0.39 is 62.6 Å². The molecule has 3 atom stereocenters. The highest BCUT2D eigenvalue weighted by Crippen LogP contribution is 2.27. The molecule has 1 heterocycles. The lowest BCUT2D eigenvalue weighted by molar-refractivity contribution is -0.139. The number of carboxylic acid groups (broad SMARTS) is 2. The number of likely N-dealkylation sites (N-methyl/N-ethyl adjacent to an activating group) is 1. The molecule has 15 nitrogen and oxygen atoms in total. The van der Waals surface area contributed by atoms with E-state index >= 15 is 0 Å². The first kappa shape index (κ1) is 30.5. The van der Waals surface area contributed by atoms with Crippen molar-refractivity contribution in [1.29, 1.82) is 0 Å². The van der Waals surface area contributed by atoms with Gasteiger partial charge in [-0.2, -0.15) is 9.78 Å². The van der Waals surface area contributed by atoms with Crippen molar-refractivity contribution >= 4 is 45.5 Å². The average Bonchev–Trinajstić information content (AvgIpc) is 3.21. The SMILES string of the molecule is CN(C(=O)O)C(=O)[C@H](CSC(CS(=O)(=O)c1ccccc1)n1ncn(C)c1=O)NC(=O)CC[C@H](N)C(=O)O. The molecular weight excluding hydrogens is 544 g/mol. The summed E-state index contributed by atoms with van der Waals surface area (Å²) < 4.78 is 28.1. The minimum Gasteiger partial charge on any atom is -0.480 e. The Kier molecular flexibility index (Phi) is 10.6. The molecule has 38 heavy (non-hydrogen) atoms. The number of rotatable bonds is 13. The fraction of sp³-hybridized carbons (Fsp3) is 0.429. The van der Waals surface area contributed by atoms with Crippen molar-refractivity contribution in [2.24, 2.45) is 12.8 Å². The van der Waals surface area contributed by atoms with Gasteiger partial charge in [0.25, 0.3) is 5.91 Å². The van der Waals surface area contributed by atoms with Crippen LogP contribution in [0.25, 0.3) is 0 Å². The molecule has 0 bridgehead atoms. The number of amides is 3. The van der Waals surface area contributed by atoms with Gasteiger partial charge in [-0.1, -0.05) is 18.2 Å². The summed E-state index contributed by atoms with van der Waals surface area (Å²) in [5, 5.41) is 23.2. The van der Waals surface area contributed by atoms with E-state index in [-0.39, 0.29) is 23.5 Å². The molecule has 0 spiro atoms. The van der Waals surface area contributed by atoms with E-state index in [0.717, 1.165) is 28.1 Å². The topological polar surface area (TPSA) is 224 Å². The van der Waals surface area contributed by atoms with Crippen molar-refractivity contribution in [3.05, 3.63) is 47.1 Å². The molecule has 0 saturated heterocycles. The Bertz CT molecular complexity index is 1330. The van der Waals surface area contributed by atoms with Gasteiger partial charge >= 0.3 is 17.8 Å². The number of nitrogens with one attached hydrogen (secondary N) is 1. The molecule has 0 saturated carbocycles. The van der Waals surface area contributed by atoms with E-state index in [0.29, 0.717) is 4.90 Å². The highest BCUT2D eigenvalue weighted by Gasteiger charge is 2.31. The first-order chi connectivity index (χ1) is 17.7. The Hall–Kier alpha value is -3.70. The van der Waals surface area contributed by atoms with Gasteiger partial charge < -0.3 is 21.3 Å². The number of aromatic nitrogens is 3. The van der Waals surface area contributed by atoms with Gasteiger partial charge in [-0.05, 0) is 18.6 Å². The minimum atomic E-state index is -3.94. The number of thioether (sulfide) groups is 1. The molecule has 208 valence electrons. The quantitative estimate of drug-likeness (QED) is 0.229. The summed E-state index contributed by atoms with van der Waals surface area (Å²) in [4.78, 5) is 60.3. The van der Waals surface area contributed by atoms with E-state index in [1.165, 1.54) is 37.6 Å². The average molecular weight is 573 g/mol. The Labute approximate surface area is 221 Å². The summed E-state index contributed by atoms with van der Waals surface area (Å²) in [7, 11) is -1.56. The Morgan fingerprint density at radius 2 is 1.82 bits per heavy atom. The third-order valence-corrected chi connectivity index (χ3v) is 8.52.